The van der Waals surface area contributed by atoms with Crippen LogP contribution in [0.2, 0.25) is 0 Å². The minimum Gasteiger partial charge on any atom is -0.324 e. The van der Waals surface area contributed by atoms with Crippen LogP contribution < -0.4 is 5.73 Å². The van der Waals surface area contributed by atoms with Crippen molar-refractivity contribution in [3.8, 4) is 0 Å². The SMILES string of the molecule is Cc1ccncc1C(N)CCc1cccnc1. The first kappa shape index (κ1) is 11.7. The van der Waals surface area contributed by atoms with Crippen LogP contribution in [0.4, 0.5) is 0 Å². The van der Waals surface area contributed by atoms with Gasteiger partial charge >= 0.3 is 0 Å². The van der Waals surface area contributed by atoms with Gasteiger partial charge in [-0.25, -0.2) is 0 Å². The van der Waals surface area contributed by atoms with Gasteiger partial charge in [-0.1, -0.05) is 6.07 Å². The van der Waals surface area contributed by atoms with E-state index in [9.17, 15) is 0 Å². The van der Waals surface area contributed by atoms with E-state index in [-0.39, 0.29) is 6.04 Å². The third-order valence-corrected chi connectivity index (χ3v) is 2.95. The first-order chi connectivity index (χ1) is 8.27. The Bertz CT molecular complexity index is 468. The van der Waals surface area contributed by atoms with Gasteiger partial charge in [0.1, 0.15) is 0 Å². The highest BCUT2D eigenvalue weighted by Gasteiger charge is 2.08. The molecular weight excluding hydrogens is 210 g/mol. The zero-order chi connectivity index (χ0) is 12.1. The Balaban J connectivity index is 1.99. The highest BCUT2D eigenvalue weighted by atomic mass is 14.7. The van der Waals surface area contributed by atoms with Crippen LogP contribution >= 0.6 is 0 Å². The topological polar surface area (TPSA) is 51.8 Å². The summed E-state index contributed by atoms with van der Waals surface area (Å²) in [6.45, 7) is 2.07. The smallest absolute Gasteiger partial charge is 0.0318 e. The molecule has 0 aliphatic heterocycles. The molecule has 0 amide bonds. The Labute approximate surface area is 102 Å². The number of hydrogen-bond acceptors (Lipinski definition) is 3. The normalized spacial score (nSPS) is 12.4. The van der Waals surface area contributed by atoms with E-state index in [1.165, 1.54) is 11.1 Å². The molecule has 2 aromatic rings. The Morgan fingerprint density at radius 1 is 1.18 bits per heavy atom. The van der Waals surface area contributed by atoms with E-state index < -0.39 is 0 Å². The van der Waals surface area contributed by atoms with Gasteiger partial charge in [0.2, 0.25) is 0 Å². The number of aryl methyl sites for hydroxylation is 2. The summed E-state index contributed by atoms with van der Waals surface area (Å²) in [7, 11) is 0. The molecule has 1 atom stereocenters. The lowest BCUT2D eigenvalue weighted by Gasteiger charge is -2.13. The molecule has 0 saturated carbocycles. The second kappa shape index (κ2) is 5.55. The van der Waals surface area contributed by atoms with Gasteiger partial charge in [0.05, 0.1) is 0 Å². The number of aromatic nitrogens is 2. The van der Waals surface area contributed by atoms with E-state index in [0.717, 1.165) is 18.4 Å². The number of pyridine rings is 2. The molecule has 3 heteroatoms. The average Bonchev–Trinajstić information content (AvgIpc) is 2.38. The molecule has 1 unspecified atom stereocenters. The first-order valence-corrected chi connectivity index (χ1v) is 5.82. The number of nitrogens with zero attached hydrogens (tertiary/aromatic N) is 2. The summed E-state index contributed by atoms with van der Waals surface area (Å²) in [6.07, 6.45) is 9.20. The highest BCUT2D eigenvalue weighted by Crippen LogP contribution is 2.18. The molecule has 2 rings (SSSR count). The maximum Gasteiger partial charge on any atom is 0.0318 e. The second-order valence-corrected chi connectivity index (χ2v) is 4.24. The molecule has 0 aromatic carbocycles. The Morgan fingerprint density at radius 2 is 2.00 bits per heavy atom. The van der Waals surface area contributed by atoms with Gasteiger partial charge in [-0.2, -0.15) is 0 Å². The molecule has 0 fully saturated rings. The molecule has 3 nitrogen and oxygen atoms in total. The standard InChI is InChI=1S/C14H17N3/c1-11-6-8-17-10-13(11)14(15)5-4-12-3-2-7-16-9-12/h2-3,6-10,14H,4-5,15H2,1H3. The van der Waals surface area contributed by atoms with Crippen LogP contribution in [0.3, 0.4) is 0 Å². The summed E-state index contributed by atoms with van der Waals surface area (Å²) in [4.78, 5) is 8.23. The molecule has 0 bridgehead atoms. The van der Waals surface area contributed by atoms with Crippen LogP contribution in [0.5, 0.6) is 0 Å². The predicted molar refractivity (Wildman–Crippen MR) is 68.5 cm³/mol. The molecule has 2 heterocycles. The van der Waals surface area contributed by atoms with Crippen LogP contribution in [-0.4, -0.2) is 9.97 Å². The highest BCUT2D eigenvalue weighted by molar-refractivity contribution is 5.25. The van der Waals surface area contributed by atoms with E-state index in [1.54, 1.807) is 12.4 Å². The monoisotopic (exact) mass is 227 g/mol. The van der Waals surface area contributed by atoms with Crippen LogP contribution in [0.1, 0.15) is 29.2 Å². The van der Waals surface area contributed by atoms with Gasteiger partial charge in [0, 0.05) is 30.8 Å². The lowest BCUT2D eigenvalue weighted by atomic mass is 9.99. The maximum atomic E-state index is 6.18. The van der Waals surface area contributed by atoms with Crippen molar-refractivity contribution in [3.05, 3.63) is 59.7 Å². The lowest BCUT2D eigenvalue weighted by Crippen LogP contribution is -2.13. The fourth-order valence-corrected chi connectivity index (χ4v) is 1.89. The number of nitrogens with two attached hydrogens (primary N) is 1. The Hall–Kier alpha value is -1.74. The summed E-state index contributed by atoms with van der Waals surface area (Å²) in [6, 6.07) is 6.08. The predicted octanol–water partition coefficient (Wildman–Crippen LogP) is 2.42. The molecule has 2 aromatic heterocycles. The third-order valence-electron chi connectivity index (χ3n) is 2.95. The van der Waals surface area contributed by atoms with Crippen molar-refractivity contribution in [3.63, 3.8) is 0 Å². The van der Waals surface area contributed by atoms with Crippen molar-refractivity contribution in [1.29, 1.82) is 0 Å². The van der Waals surface area contributed by atoms with E-state index in [0.29, 0.717) is 0 Å². The fourth-order valence-electron chi connectivity index (χ4n) is 1.89. The zero-order valence-electron chi connectivity index (χ0n) is 10.0. The van der Waals surface area contributed by atoms with Gasteiger partial charge in [0.15, 0.2) is 0 Å². The van der Waals surface area contributed by atoms with Gasteiger partial charge in [0.25, 0.3) is 0 Å². The van der Waals surface area contributed by atoms with Gasteiger partial charge < -0.3 is 5.73 Å². The van der Waals surface area contributed by atoms with Crippen molar-refractivity contribution < 1.29 is 0 Å². The molecule has 0 saturated heterocycles. The maximum absolute atomic E-state index is 6.18. The molecule has 0 radical (unpaired) electrons. The molecular formula is C14H17N3. The summed E-state index contributed by atoms with van der Waals surface area (Å²) in [5, 5.41) is 0. The zero-order valence-corrected chi connectivity index (χ0v) is 10.0. The van der Waals surface area contributed by atoms with Crippen molar-refractivity contribution in [2.75, 3.05) is 0 Å². The lowest BCUT2D eigenvalue weighted by molar-refractivity contribution is 0.644. The van der Waals surface area contributed by atoms with Crippen molar-refractivity contribution in [2.24, 2.45) is 5.73 Å². The van der Waals surface area contributed by atoms with E-state index in [4.69, 9.17) is 5.73 Å². The summed E-state index contributed by atoms with van der Waals surface area (Å²) in [5.41, 5.74) is 9.75. The van der Waals surface area contributed by atoms with E-state index >= 15 is 0 Å². The Morgan fingerprint density at radius 3 is 2.71 bits per heavy atom. The van der Waals surface area contributed by atoms with Crippen LogP contribution in [0.15, 0.2) is 43.0 Å². The summed E-state index contributed by atoms with van der Waals surface area (Å²) >= 11 is 0. The minimum atomic E-state index is 0.0453. The summed E-state index contributed by atoms with van der Waals surface area (Å²) < 4.78 is 0. The number of hydrogen-bond donors (Lipinski definition) is 1. The van der Waals surface area contributed by atoms with Gasteiger partial charge in [-0.05, 0) is 48.6 Å². The van der Waals surface area contributed by atoms with Crippen molar-refractivity contribution >= 4 is 0 Å². The van der Waals surface area contributed by atoms with Gasteiger partial charge in [-0.15, -0.1) is 0 Å². The molecule has 88 valence electrons. The molecule has 0 spiro atoms. The third kappa shape index (κ3) is 3.11. The largest absolute Gasteiger partial charge is 0.324 e. The average molecular weight is 227 g/mol. The molecule has 0 aliphatic rings. The first-order valence-electron chi connectivity index (χ1n) is 5.82. The molecule has 2 N–H and O–H groups in total. The number of rotatable bonds is 4. The molecule has 17 heavy (non-hydrogen) atoms. The quantitative estimate of drug-likeness (QED) is 0.872. The summed E-state index contributed by atoms with van der Waals surface area (Å²) in [5.74, 6) is 0. The van der Waals surface area contributed by atoms with Crippen LogP contribution in [0, 0.1) is 6.92 Å². The van der Waals surface area contributed by atoms with Gasteiger partial charge in [-0.3, -0.25) is 9.97 Å². The minimum absolute atomic E-state index is 0.0453. The second-order valence-electron chi connectivity index (χ2n) is 4.24. The molecule has 0 aliphatic carbocycles. The van der Waals surface area contributed by atoms with Crippen LogP contribution in [0.25, 0.3) is 0 Å². The van der Waals surface area contributed by atoms with E-state index in [1.807, 2.05) is 24.5 Å². The fraction of sp³-hybridized carbons (Fsp3) is 0.286. The van der Waals surface area contributed by atoms with Crippen molar-refractivity contribution in [2.45, 2.75) is 25.8 Å². The van der Waals surface area contributed by atoms with Crippen molar-refractivity contribution in [1.82, 2.24) is 9.97 Å². The van der Waals surface area contributed by atoms with E-state index in [2.05, 4.69) is 23.0 Å². The van der Waals surface area contributed by atoms with Crippen LogP contribution in [-0.2, 0) is 6.42 Å². The Kier molecular flexibility index (Phi) is 3.83.